The number of aryl methyl sites for hydroxylation is 1. The molecule has 3 aromatic rings. The van der Waals surface area contributed by atoms with Gasteiger partial charge >= 0.3 is 0 Å². The third kappa shape index (κ3) is 3.55. The van der Waals surface area contributed by atoms with Gasteiger partial charge in [0.25, 0.3) is 0 Å². The first-order chi connectivity index (χ1) is 11.5. The second-order valence-corrected chi connectivity index (χ2v) is 5.84. The van der Waals surface area contributed by atoms with Gasteiger partial charge < -0.3 is 11.1 Å². The van der Waals surface area contributed by atoms with Crippen molar-refractivity contribution in [1.82, 2.24) is 4.98 Å². The summed E-state index contributed by atoms with van der Waals surface area (Å²) < 4.78 is 0. The van der Waals surface area contributed by atoms with Crippen molar-refractivity contribution in [2.24, 2.45) is 0 Å². The van der Waals surface area contributed by atoms with Crippen molar-refractivity contribution in [1.29, 1.82) is 0 Å². The molecule has 0 aliphatic heterocycles. The maximum absolute atomic E-state index is 12.1. The Labute approximate surface area is 145 Å². The van der Waals surface area contributed by atoms with Crippen LogP contribution >= 0.6 is 11.6 Å². The smallest absolute Gasteiger partial charge is 0.248 e. The standard InChI is InChI=1S/C19H16ClN3O/c1-12-10-17(21)15-11-14(7-8-18(15)22-12)23-19(24)9-6-13-4-2-3-5-16(13)20/h2-11H,1H3,(H2,21,22)(H,23,24). The van der Waals surface area contributed by atoms with E-state index in [4.69, 9.17) is 17.3 Å². The Morgan fingerprint density at radius 1 is 1.21 bits per heavy atom. The van der Waals surface area contributed by atoms with Crippen LogP contribution in [0.1, 0.15) is 11.3 Å². The van der Waals surface area contributed by atoms with Crippen LogP contribution in [0.4, 0.5) is 11.4 Å². The van der Waals surface area contributed by atoms with Gasteiger partial charge in [-0.1, -0.05) is 29.8 Å². The molecule has 1 aromatic heterocycles. The lowest BCUT2D eigenvalue weighted by Crippen LogP contribution is -2.07. The van der Waals surface area contributed by atoms with Gasteiger partial charge in [0.05, 0.1) is 5.52 Å². The van der Waals surface area contributed by atoms with Crippen LogP contribution in [-0.4, -0.2) is 10.9 Å². The Morgan fingerprint density at radius 2 is 2.00 bits per heavy atom. The second kappa shape index (κ2) is 6.72. The van der Waals surface area contributed by atoms with E-state index in [1.54, 1.807) is 18.2 Å². The fourth-order valence-electron chi connectivity index (χ4n) is 2.43. The third-order valence-electron chi connectivity index (χ3n) is 3.56. The molecule has 0 fully saturated rings. The molecular weight excluding hydrogens is 322 g/mol. The molecule has 24 heavy (non-hydrogen) atoms. The predicted molar refractivity (Wildman–Crippen MR) is 100 cm³/mol. The highest BCUT2D eigenvalue weighted by molar-refractivity contribution is 6.32. The van der Waals surface area contributed by atoms with Crippen molar-refractivity contribution in [3.8, 4) is 0 Å². The van der Waals surface area contributed by atoms with Gasteiger partial charge in [-0.2, -0.15) is 0 Å². The van der Waals surface area contributed by atoms with E-state index in [1.807, 2.05) is 43.3 Å². The number of benzene rings is 2. The van der Waals surface area contributed by atoms with Gasteiger partial charge in [-0.3, -0.25) is 9.78 Å². The fourth-order valence-corrected chi connectivity index (χ4v) is 2.63. The molecule has 1 heterocycles. The highest BCUT2D eigenvalue weighted by Crippen LogP contribution is 2.24. The first-order valence-corrected chi connectivity index (χ1v) is 7.81. The Bertz CT molecular complexity index is 950. The van der Waals surface area contributed by atoms with E-state index in [-0.39, 0.29) is 5.91 Å². The van der Waals surface area contributed by atoms with E-state index in [0.29, 0.717) is 16.4 Å². The van der Waals surface area contributed by atoms with E-state index in [2.05, 4.69) is 10.3 Å². The average molecular weight is 338 g/mol. The number of rotatable bonds is 3. The van der Waals surface area contributed by atoms with Gasteiger partial charge in [-0.25, -0.2) is 0 Å². The SMILES string of the molecule is Cc1cc(N)c2cc(NC(=O)C=Cc3ccccc3Cl)ccc2n1. The van der Waals surface area contributed by atoms with Crippen molar-refractivity contribution < 1.29 is 4.79 Å². The molecule has 3 N–H and O–H groups in total. The highest BCUT2D eigenvalue weighted by Gasteiger charge is 2.04. The lowest BCUT2D eigenvalue weighted by atomic mass is 10.1. The first-order valence-electron chi connectivity index (χ1n) is 7.43. The molecule has 0 unspecified atom stereocenters. The summed E-state index contributed by atoms with van der Waals surface area (Å²) in [5.41, 5.74) is 9.78. The highest BCUT2D eigenvalue weighted by atomic mass is 35.5. The van der Waals surface area contributed by atoms with Gasteiger partial charge in [0.15, 0.2) is 0 Å². The molecule has 3 rings (SSSR count). The van der Waals surface area contributed by atoms with Gasteiger partial charge in [0.2, 0.25) is 5.91 Å². The number of hydrogen-bond donors (Lipinski definition) is 2. The summed E-state index contributed by atoms with van der Waals surface area (Å²) in [7, 11) is 0. The number of nitrogens with zero attached hydrogens (tertiary/aromatic N) is 1. The third-order valence-corrected chi connectivity index (χ3v) is 3.90. The molecule has 2 aromatic carbocycles. The van der Waals surface area contributed by atoms with Crippen LogP contribution in [0.5, 0.6) is 0 Å². The Balaban J connectivity index is 1.79. The molecular formula is C19H16ClN3O. The largest absolute Gasteiger partial charge is 0.398 e. The normalized spacial score (nSPS) is 11.1. The van der Waals surface area contributed by atoms with Gasteiger partial charge in [-0.15, -0.1) is 0 Å². The van der Waals surface area contributed by atoms with Gasteiger partial charge in [0.1, 0.15) is 0 Å². The lowest BCUT2D eigenvalue weighted by Gasteiger charge is -2.07. The van der Waals surface area contributed by atoms with Crippen molar-refractivity contribution >= 4 is 45.9 Å². The number of amides is 1. The summed E-state index contributed by atoms with van der Waals surface area (Å²) in [6.07, 6.45) is 3.13. The number of fused-ring (bicyclic) bond motifs is 1. The number of carbonyl (C=O) groups is 1. The topological polar surface area (TPSA) is 68.0 Å². The minimum Gasteiger partial charge on any atom is -0.398 e. The first kappa shape index (κ1) is 16.0. The minimum atomic E-state index is -0.243. The number of pyridine rings is 1. The number of halogens is 1. The molecule has 0 aliphatic carbocycles. The molecule has 0 saturated carbocycles. The summed E-state index contributed by atoms with van der Waals surface area (Å²) >= 11 is 6.06. The number of nitrogen functional groups attached to an aromatic ring is 1. The van der Waals surface area contributed by atoms with E-state index in [0.717, 1.165) is 22.2 Å². The average Bonchev–Trinajstić information content (AvgIpc) is 2.54. The zero-order valence-electron chi connectivity index (χ0n) is 13.1. The van der Waals surface area contributed by atoms with Crippen molar-refractivity contribution in [3.05, 3.63) is 70.9 Å². The number of hydrogen-bond acceptors (Lipinski definition) is 3. The van der Waals surface area contributed by atoms with Crippen LogP contribution in [0, 0.1) is 6.92 Å². The van der Waals surface area contributed by atoms with E-state index < -0.39 is 0 Å². The van der Waals surface area contributed by atoms with E-state index >= 15 is 0 Å². The van der Waals surface area contributed by atoms with Crippen LogP contribution in [0.15, 0.2) is 54.6 Å². The molecule has 0 atom stereocenters. The number of nitrogens with two attached hydrogens (primary N) is 1. The molecule has 0 radical (unpaired) electrons. The fraction of sp³-hybridized carbons (Fsp3) is 0.0526. The monoisotopic (exact) mass is 337 g/mol. The number of aromatic nitrogens is 1. The van der Waals surface area contributed by atoms with E-state index in [1.165, 1.54) is 6.08 Å². The number of anilines is 2. The maximum Gasteiger partial charge on any atom is 0.248 e. The zero-order valence-corrected chi connectivity index (χ0v) is 13.8. The molecule has 120 valence electrons. The molecule has 0 bridgehead atoms. The molecule has 0 saturated heterocycles. The summed E-state index contributed by atoms with van der Waals surface area (Å²) in [6.45, 7) is 1.89. The number of carbonyl (C=O) groups excluding carboxylic acids is 1. The van der Waals surface area contributed by atoms with Gasteiger partial charge in [0, 0.05) is 33.6 Å². The molecule has 4 nitrogen and oxygen atoms in total. The zero-order chi connectivity index (χ0) is 17.1. The Kier molecular flexibility index (Phi) is 4.49. The van der Waals surface area contributed by atoms with Crippen molar-refractivity contribution in [2.75, 3.05) is 11.1 Å². The minimum absolute atomic E-state index is 0.243. The van der Waals surface area contributed by atoms with Crippen molar-refractivity contribution in [2.45, 2.75) is 6.92 Å². The number of nitrogens with one attached hydrogen (secondary N) is 1. The quantitative estimate of drug-likeness (QED) is 0.695. The van der Waals surface area contributed by atoms with Crippen LogP contribution in [0.25, 0.3) is 17.0 Å². The summed E-state index contributed by atoms with van der Waals surface area (Å²) in [6, 6.07) is 14.6. The van der Waals surface area contributed by atoms with Crippen LogP contribution < -0.4 is 11.1 Å². The maximum atomic E-state index is 12.1. The lowest BCUT2D eigenvalue weighted by molar-refractivity contribution is -0.111. The van der Waals surface area contributed by atoms with Crippen LogP contribution in [0.3, 0.4) is 0 Å². The molecule has 5 heteroatoms. The summed E-state index contributed by atoms with van der Waals surface area (Å²) in [5.74, 6) is -0.243. The van der Waals surface area contributed by atoms with E-state index in [9.17, 15) is 4.79 Å². The predicted octanol–water partition coefficient (Wildman–Crippen LogP) is 4.43. The van der Waals surface area contributed by atoms with Crippen molar-refractivity contribution in [3.63, 3.8) is 0 Å². The Hall–Kier alpha value is -2.85. The summed E-state index contributed by atoms with van der Waals surface area (Å²) in [5, 5.41) is 4.23. The van der Waals surface area contributed by atoms with Gasteiger partial charge in [-0.05, 0) is 48.9 Å². The van der Waals surface area contributed by atoms with Crippen LogP contribution in [-0.2, 0) is 4.79 Å². The summed E-state index contributed by atoms with van der Waals surface area (Å²) in [4.78, 5) is 16.5. The molecule has 0 spiro atoms. The Morgan fingerprint density at radius 3 is 2.79 bits per heavy atom. The van der Waals surface area contributed by atoms with Crippen LogP contribution in [0.2, 0.25) is 5.02 Å². The second-order valence-electron chi connectivity index (χ2n) is 5.43. The molecule has 0 aliphatic rings. The molecule has 1 amide bonds.